The van der Waals surface area contributed by atoms with Crippen molar-refractivity contribution < 1.29 is 0 Å². The van der Waals surface area contributed by atoms with Crippen LogP contribution in [0.4, 0.5) is 11.4 Å². The minimum atomic E-state index is 0.556. The zero-order chi connectivity index (χ0) is 13.9. The molecule has 0 amide bonds. The van der Waals surface area contributed by atoms with E-state index < -0.39 is 0 Å². The minimum Gasteiger partial charge on any atom is -0.338 e. The summed E-state index contributed by atoms with van der Waals surface area (Å²) in [6.07, 6.45) is 2.40. The molecule has 20 heavy (non-hydrogen) atoms. The first-order valence-electron chi connectivity index (χ1n) is 7.40. The second kappa shape index (κ2) is 5.68. The third kappa shape index (κ3) is 2.44. The molecule has 1 atom stereocenters. The zero-order valence-corrected chi connectivity index (χ0v) is 12.3. The van der Waals surface area contributed by atoms with Gasteiger partial charge in [-0.3, -0.25) is 0 Å². The van der Waals surface area contributed by atoms with Crippen molar-refractivity contribution in [3.8, 4) is 0 Å². The average molecular weight is 266 g/mol. The Morgan fingerprint density at radius 2 is 1.85 bits per heavy atom. The fourth-order valence-electron chi connectivity index (χ4n) is 3.06. The van der Waals surface area contributed by atoms with Gasteiger partial charge in [0.25, 0.3) is 0 Å². The van der Waals surface area contributed by atoms with E-state index in [0.717, 1.165) is 6.54 Å². The van der Waals surface area contributed by atoms with Crippen LogP contribution in [0.25, 0.3) is 0 Å². The summed E-state index contributed by atoms with van der Waals surface area (Å²) in [7, 11) is 1.98. The van der Waals surface area contributed by atoms with E-state index in [-0.39, 0.29) is 0 Å². The predicted octanol–water partition coefficient (Wildman–Crippen LogP) is 3.88. The lowest BCUT2D eigenvalue weighted by atomic mass is 9.96. The molecule has 0 saturated carbocycles. The molecule has 0 aliphatic carbocycles. The molecule has 3 rings (SSSR count). The van der Waals surface area contributed by atoms with Crippen LogP contribution in [-0.2, 0) is 13.0 Å². The van der Waals surface area contributed by atoms with Crippen LogP contribution in [0.15, 0.2) is 48.5 Å². The number of para-hydroxylation sites is 1. The van der Waals surface area contributed by atoms with E-state index in [2.05, 4.69) is 65.7 Å². The monoisotopic (exact) mass is 266 g/mol. The first-order chi connectivity index (χ1) is 9.79. The van der Waals surface area contributed by atoms with Gasteiger partial charge in [0.1, 0.15) is 0 Å². The quantitative estimate of drug-likeness (QED) is 0.907. The van der Waals surface area contributed by atoms with Crippen molar-refractivity contribution in [3.63, 3.8) is 0 Å². The molecule has 1 aliphatic heterocycles. The summed E-state index contributed by atoms with van der Waals surface area (Å²) in [6, 6.07) is 18.3. The first-order valence-corrected chi connectivity index (χ1v) is 7.40. The molecule has 1 heterocycles. The highest BCUT2D eigenvalue weighted by Gasteiger charge is 2.23. The van der Waals surface area contributed by atoms with Crippen LogP contribution >= 0.6 is 0 Å². The number of rotatable bonds is 3. The molecular formula is C18H22N2. The fraction of sp³-hybridized carbons (Fsp3) is 0.333. The lowest BCUT2D eigenvalue weighted by molar-refractivity contribution is 0.618. The normalized spacial score (nSPS) is 17.9. The summed E-state index contributed by atoms with van der Waals surface area (Å²) in [5.41, 5.74) is 5.45. The van der Waals surface area contributed by atoms with Crippen LogP contribution in [0.1, 0.15) is 24.5 Å². The Hall–Kier alpha value is -1.80. The summed E-state index contributed by atoms with van der Waals surface area (Å²) in [4.78, 5) is 2.47. The Kier molecular flexibility index (Phi) is 3.75. The number of benzene rings is 2. The highest BCUT2D eigenvalue weighted by molar-refractivity contribution is 5.68. The maximum atomic E-state index is 3.19. The third-order valence-corrected chi connectivity index (χ3v) is 4.12. The molecular weight excluding hydrogens is 244 g/mol. The second-order valence-electron chi connectivity index (χ2n) is 5.58. The molecule has 0 spiro atoms. The molecule has 0 aromatic heterocycles. The molecule has 0 saturated heterocycles. The van der Waals surface area contributed by atoms with Crippen LogP contribution in [0.5, 0.6) is 0 Å². The third-order valence-electron chi connectivity index (χ3n) is 4.12. The van der Waals surface area contributed by atoms with Gasteiger partial charge in [0.2, 0.25) is 0 Å². The van der Waals surface area contributed by atoms with Gasteiger partial charge in [-0.25, -0.2) is 0 Å². The van der Waals surface area contributed by atoms with E-state index in [4.69, 9.17) is 0 Å². The molecule has 1 N–H and O–H groups in total. The van der Waals surface area contributed by atoms with Gasteiger partial charge in [0.15, 0.2) is 0 Å². The number of hydrogen-bond acceptors (Lipinski definition) is 2. The molecule has 104 valence electrons. The lowest BCUT2D eigenvalue weighted by Gasteiger charge is -2.37. The molecule has 2 heteroatoms. The Bertz CT molecular complexity index is 574. The summed E-state index contributed by atoms with van der Waals surface area (Å²) in [5, 5.41) is 3.19. The Labute approximate surface area is 121 Å². The van der Waals surface area contributed by atoms with Crippen molar-refractivity contribution in [1.82, 2.24) is 5.32 Å². The predicted molar refractivity (Wildman–Crippen MR) is 85.6 cm³/mol. The Morgan fingerprint density at radius 1 is 1.10 bits per heavy atom. The number of hydrogen-bond donors (Lipinski definition) is 1. The number of anilines is 2. The molecule has 0 radical (unpaired) electrons. The largest absolute Gasteiger partial charge is 0.338 e. The van der Waals surface area contributed by atoms with E-state index in [9.17, 15) is 0 Å². The van der Waals surface area contributed by atoms with Crippen molar-refractivity contribution in [2.45, 2.75) is 32.4 Å². The number of fused-ring (bicyclic) bond motifs is 1. The number of nitrogens with one attached hydrogen (secondary N) is 1. The lowest BCUT2D eigenvalue weighted by Crippen LogP contribution is -2.33. The SMILES string of the molecule is CNCc1ccc(N2c3ccccc3CCC2C)cc1. The fourth-order valence-corrected chi connectivity index (χ4v) is 3.06. The van der Waals surface area contributed by atoms with Gasteiger partial charge in [0.05, 0.1) is 0 Å². The van der Waals surface area contributed by atoms with Crippen LogP contribution in [0.3, 0.4) is 0 Å². The van der Waals surface area contributed by atoms with Gasteiger partial charge < -0.3 is 10.2 Å². The van der Waals surface area contributed by atoms with E-state index in [1.165, 1.54) is 35.3 Å². The molecule has 1 aliphatic rings. The zero-order valence-electron chi connectivity index (χ0n) is 12.3. The molecule has 2 aromatic carbocycles. The van der Waals surface area contributed by atoms with Gasteiger partial charge in [-0.1, -0.05) is 30.3 Å². The van der Waals surface area contributed by atoms with E-state index in [1.807, 2.05) is 7.05 Å². The van der Waals surface area contributed by atoms with Crippen molar-refractivity contribution in [3.05, 3.63) is 59.7 Å². The van der Waals surface area contributed by atoms with E-state index in [1.54, 1.807) is 0 Å². The minimum absolute atomic E-state index is 0.556. The summed E-state index contributed by atoms with van der Waals surface area (Å²) >= 11 is 0. The standard InChI is InChI=1S/C18H22N2/c1-14-7-10-16-5-3-4-6-18(16)20(14)17-11-8-15(9-12-17)13-19-2/h3-6,8-9,11-12,14,19H,7,10,13H2,1-2H3. The maximum Gasteiger partial charge on any atom is 0.0445 e. The Morgan fingerprint density at radius 3 is 2.60 bits per heavy atom. The van der Waals surface area contributed by atoms with E-state index in [0.29, 0.717) is 6.04 Å². The molecule has 0 fully saturated rings. The van der Waals surface area contributed by atoms with Crippen LogP contribution < -0.4 is 10.2 Å². The van der Waals surface area contributed by atoms with Crippen molar-refractivity contribution in [2.24, 2.45) is 0 Å². The summed E-state index contributed by atoms with van der Waals surface area (Å²) in [6.45, 7) is 3.24. The summed E-state index contributed by atoms with van der Waals surface area (Å²) < 4.78 is 0. The van der Waals surface area contributed by atoms with E-state index >= 15 is 0 Å². The molecule has 2 aromatic rings. The highest BCUT2D eigenvalue weighted by atomic mass is 15.2. The first kappa shape index (κ1) is 13.2. The van der Waals surface area contributed by atoms with Crippen LogP contribution in [0.2, 0.25) is 0 Å². The molecule has 2 nitrogen and oxygen atoms in total. The smallest absolute Gasteiger partial charge is 0.0445 e. The maximum absolute atomic E-state index is 3.19. The van der Waals surface area contributed by atoms with Crippen LogP contribution in [0, 0.1) is 0 Å². The van der Waals surface area contributed by atoms with Gasteiger partial charge in [-0.2, -0.15) is 0 Å². The topological polar surface area (TPSA) is 15.3 Å². The number of nitrogens with zero attached hydrogens (tertiary/aromatic N) is 1. The number of aryl methyl sites for hydroxylation is 1. The Balaban J connectivity index is 1.96. The van der Waals surface area contributed by atoms with Crippen molar-refractivity contribution >= 4 is 11.4 Å². The van der Waals surface area contributed by atoms with Crippen molar-refractivity contribution in [2.75, 3.05) is 11.9 Å². The van der Waals surface area contributed by atoms with Crippen LogP contribution in [-0.4, -0.2) is 13.1 Å². The van der Waals surface area contributed by atoms with Crippen molar-refractivity contribution in [1.29, 1.82) is 0 Å². The van der Waals surface area contributed by atoms with Gasteiger partial charge >= 0.3 is 0 Å². The highest BCUT2D eigenvalue weighted by Crippen LogP contribution is 2.36. The van der Waals surface area contributed by atoms with Gasteiger partial charge in [0, 0.05) is 24.0 Å². The molecule has 0 bridgehead atoms. The van der Waals surface area contributed by atoms with Gasteiger partial charge in [-0.15, -0.1) is 0 Å². The molecule has 1 unspecified atom stereocenters. The average Bonchev–Trinajstić information content (AvgIpc) is 2.49. The van der Waals surface area contributed by atoms with Gasteiger partial charge in [-0.05, 0) is 56.1 Å². The second-order valence-corrected chi connectivity index (χ2v) is 5.58. The summed E-state index contributed by atoms with van der Waals surface area (Å²) in [5.74, 6) is 0.